The fourth-order valence-corrected chi connectivity index (χ4v) is 3.32. The van der Waals surface area contributed by atoms with Crippen molar-refractivity contribution < 1.29 is 9.53 Å². The molecule has 125 valence electrons. The zero-order chi connectivity index (χ0) is 17.8. The maximum atomic E-state index is 11.7. The van der Waals surface area contributed by atoms with Crippen LogP contribution in [0.1, 0.15) is 10.4 Å². The average Bonchev–Trinajstić information content (AvgIpc) is 2.62. The highest BCUT2D eigenvalue weighted by Gasteiger charge is 2.26. The first-order chi connectivity index (χ1) is 12.1. The lowest BCUT2D eigenvalue weighted by atomic mass is 10.1. The van der Waals surface area contributed by atoms with E-state index >= 15 is 0 Å². The normalized spacial score (nSPS) is 10.7. The number of ether oxygens (including phenoxy) is 1. The van der Waals surface area contributed by atoms with Crippen molar-refractivity contribution >= 4 is 54.9 Å². The lowest BCUT2D eigenvalue weighted by molar-refractivity contribution is 0.0601. The Morgan fingerprint density at radius 3 is 1.76 bits per heavy atom. The van der Waals surface area contributed by atoms with Crippen molar-refractivity contribution in [3.8, 4) is 0 Å². The number of rotatable bonds is 4. The third-order valence-corrected chi connectivity index (χ3v) is 4.67. The van der Waals surface area contributed by atoms with Crippen LogP contribution >= 0.6 is 31.9 Å². The summed E-state index contributed by atoms with van der Waals surface area (Å²) in [6.07, 6.45) is 0. The highest BCUT2D eigenvalue weighted by atomic mass is 79.9. The molecule has 0 fully saturated rings. The van der Waals surface area contributed by atoms with E-state index in [0.29, 0.717) is 5.56 Å². The summed E-state index contributed by atoms with van der Waals surface area (Å²) < 4.78 is 6.77. The lowest BCUT2D eigenvalue weighted by Crippen LogP contribution is -2.12. The zero-order valence-corrected chi connectivity index (χ0v) is 16.6. The fourth-order valence-electron chi connectivity index (χ4n) is 2.54. The zero-order valence-electron chi connectivity index (χ0n) is 13.4. The third kappa shape index (κ3) is 4.18. The van der Waals surface area contributed by atoms with Crippen LogP contribution in [-0.2, 0) is 4.74 Å². The molecule has 3 aromatic rings. The van der Waals surface area contributed by atoms with Crippen molar-refractivity contribution in [1.82, 2.24) is 4.90 Å². The lowest BCUT2D eigenvalue weighted by Gasteiger charge is -2.12. The molecular formula is C20H15Br2NO2+. The molecule has 3 nitrogen and oxygen atoms in total. The van der Waals surface area contributed by atoms with Crippen LogP contribution in [0.25, 0.3) is 0 Å². The minimum absolute atomic E-state index is 0.344. The maximum absolute atomic E-state index is 11.7. The van der Waals surface area contributed by atoms with Gasteiger partial charge in [-0.05, 0) is 24.3 Å². The van der Waals surface area contributed by atoms with E-state index in [1.807, 2.05) is 48.5 Å². The Morgan fingerprint density at radius 1 is 0.800 bits per heavy atom. The number of carbonyl (C=O) groups is 1. The number of carbonyl (C=O) groups excluding carboxylic acids is 1. The number of anilines is 3. The molecule has 0 saturated heterocycles. The van der Waals surface area contributed by atoms with Gasteiger partial charge in [0.05, 0.1) is 12.7 Å². The van der Waals surface area contributed by atoms with E-state index in [4.69, 9.17) is 4.74 Å². The summed E-state index contributed by atoms with van der Waals surface area (Å²) in [4.78, 5) is 13.8. The molecule has 0 bridgehead atoms. The number of hydrogen-bond donors (Lipinski definition) is 0. The van der Waals surface area contributed by atoms with Gasteiger partial charge in [0.2, 0.25) is 0 Å². The van der Waals surface area contributed by atoms with Crippen molar-refractivity contribution in [2.24, 2.45) is 0 Å². The highest BCUT2D eigenvalue weighted by Crippen LogP contribution is 2.36. The molecule has 0 N–H and O–H groups in total. The van der Waals surface area contributed by atoms with Crippen LogP contribution < -0.4 is 4.90 Å². The first-order valence-corrected chi connectivity index (χ1v) is 9.17. The molecule has 25 heavy (non-hydrogen) atoms. The minimum Gasteiger partial charge on any atom is -0.465 e. The Kier molecular flexibility index (Phi) is 5.68. The van der Waals surface area contributed by atoms with Gasteiger partial charge in [0.15, 0.2) is 17.1 Å². The topological polar surface area (TPSA) is 32.2 Å². The van der Waals surface area contributed by atoms with E-state index in [2.05, 4.69) is 48.9 Å². The molecule has 0 saturated carbocycles. The van der Waals surface area contributed by atoms with Gasteiger partial charge < -0.3 is 4.74 Å². The van der Waals surface area contributed by atoms with E-state index in [1.54, 1.807) is 12.1 Å². The van der Waals surface area contributed by atoms with Gasteiger partial charge in [-0.25, -0.2) is 4.79 Å². The molecule has 0 aromatic heterocycles. The molecule has 3 rings (SSSR count). The predicted octanol–water partition coefficient (Wildman–Crippen LogP) is 6.43. The van der Waals surface area contributed by atoms with Crippen molar-refractivity contribution in [2.45, 2.75) is 0 Å². The molecule has 0 aliphatic carbocycles. The number of nitrogens with zero attached hydrogens (tertiary/aromatic N) is 1. The number of esters is 1. The van der Waals surface area contributed by atoms with Gasteiger partial charge in [-0.15, -0.1) is 0 Å². The molecule has 0 heterocycles. The van der Waals surface area contributed by atoms with Gasteiger partial charge in [0.1, 0.15) is 0 Å². The van der Waals surface area contributed by atoms with E-state index in [9.17, 15) is 4.79 Å². The molecule has 3 aromatic carbocycles. The van der Waals surface area contributed by atoms with E-state index in [-0.39, 0.29) is 5.97 Å². The van der Waals surface area contributed by atoms with Crippen LogP contribution in [0.4, 0.5) is 17.1 Å². The molecule has 1 radical (unpaired) electrons. The van der Waals surface area contributed by atoms with Gasteiger partial charge in [-0.3, -0.25) is 0 Å². The van der Waals surface area contributed by atoms with E-state index in [1.165, 1.54) is 7.11 Å². The summed E-state index contributed by atoms with van der Waals surface area (Å²) in [5.41, 5.74) is 3.50. The first kappa shape index (κ1) is 17.9. The van der Waals surface area contributed by atoms with Crippen molar-refractivity contribution in [2.75, 3.05) is 7.11 Å². The van der Waals surface area contributed by atoms with Crippen LogP contribution in [0.5, 0.6) is 0 Å². The first-order valence-electron chi connectivity index (χ1n) is 7.58. The van der Waals surface area contributed by atoms with E-state index < -0.39 is 0 Å². The van der Waals surface area contributed by atoms with Gasteiger partial charge >= 0.3 is 5.97 Å². The SMILES string of the molecule is COC(=O)c1ccc([N+](c2cccc(Br)c2)c2cccc(Br)c2)cc1. The monoisotopic (exact) mass is 459 g/mol. The van der Waals surface area contributed by atoms with Gasteiger partial charge in [-0.2, -0.15) is 0 Å². The van der Waals surface area contributed by atoms with Crippen LogP contribution in [0.2, 0.25) is 0 Å². The summed E-state index contributed by atoms with van der Waals surface area (Å²) in [5, 5.41) is 0. The summed E-state index contributed by atoms with van der Waals surface area (Å²) in [5.74, 6) is -0.344. The molecule has 0 atom stereocenters. The second-order valence-corrected chi connectivity index (χ2v) is 7.16. The number of methoxy groups -OCH3 is 1. The quantitative estimate of drug-likeness (QED) is 0.331. The number of hydrogen-bond acceptors (Lipinski definition) is 3. The van der Waals surface area contributed by atoms with Crippen LogP contribution in [0.3, 0.4) is 0 Å². The molecule has 0 unspecified atom stereocenters. The summed E-state index contributed by atoms with van der Waals surface area (Å²) >= 11 is 7.07. The van der Waals surface area contributed by atoms with Crippen molar-refractivity contribution in [1.29, 1.82) is 0 Å². The van der Waals surface area contributed by atoms with Gasteiger partial charge in [0.25, 0.3) is 0 Å². The van der Waals surface area contributed by atoms with Gasteiger partial charge in [0, 0.05) is 45.3 Å². The molecule has 0 aliphatic rings. The average molecular weight is 461 g/mol. The molecule has 0 spiro atoms. The predicted molar refractivity (Wildman–Crippen MR) is 107 cm³/mol. The third-order valence-electron chi connectivity index (χ3n) is 3.68. The standard InChI is InChI=1S/C20H15Br2NO2/c1-25-20(24)14-8-10-17(11-9-14)23(18-6-2-4-15(21)12-18)19-7-3-5-16(22)13-19/h2-13H,1H3/q+1. The fraction of sp³-hybridized carbons (Fsp3) is 0.0500. The smallest absolute Gasteiger partial charge is 0.337 e. The minimum atomic E-state index is -0.344. The molecule has 0 amide bonds. The van der Waals surface area contributed by atoms with E-state index in [0.717, 1.165) is 26.0 Å². The van der Waals surface area contributed by atoms with Crippen LogP contribution in [0, 0.1) is 0 Å². The Balaban J connectivity index is 2.09. The second kappa shape index (κ2) is 7.95. The van der Waals surface area contributed by atoms with Crippen molar-refractivity contribution in [3.63, 3.8) is 0 Å². The highest BCUT2D eigenvalue weighted by molar-refractivity contribution is 9.10. The van der Waals surface area contributed by atoms with Crippen molar-refractivity contribution in [3.05, 3.63) is 87.3 Å². The number of halogens is 2. The number of benzene rings is 3. The largest absolute Gasteiger partial charge is 0.465 e. The Hall–Kier alpha value is -1.95. The summed E-state index contributed by atoms with van der Waals surface area (Å²) in [7, 11) is 1.38. The summed E-state index contributed by atoms with van der Waals surface area (Å²) in [6.45, 7) is 0. The Labute approximate surface area is 163 Å². The van der Waals surface area contributed by atoms with Crippen LogP contribution in [-0.4, -0.2) is 13.1 Å². The molecule has 5 heteroatoms. The molecule has 0 aliphatic heterocycles. The Bertz CT molecular complexity index is 849. The van der Waals surface area contributed by atoms with Gasteiger partial charge in [-0.1, -0.05) is 48.9 Å². The molecular weight excluding hydrogens is 446 g/mol. The summed E-state index contributed by atoms with van der Waals surface area (Å²) in [6, 6.07) is 23.5. The van der Waals surface area contributed by atoms with Crippen LogP contribution in [0.15, 0.2) is 81.7 Å². The second-order valence-electron chi connectivity index (χ2n) is 5.33. The Morgan fingerprint density at radius 2 is 1.32 bits per heavy atom. The maximum Gasteiger partial charge on any atom is 0.337 e.